The lowest BCUT2D eigenvalue weighted by Gasteiger charge is -2.50. The molecule has 2 atom stereocenters. The van der Waals surface area contributed by atoms with E-state index in [1.165, 1.54) is 0 Å². The van der Waals surface area contributed by atoms with Gasteiger partial charge in [0.15, 0.2) is 0 Å². The Kier molecular flexibility index (Phi) is 7.11. The molecule has 2 aromatic heterocycles. The predicted octanol–water partition coefficient (Wildman–Crippen LogP) is 4.29. The van der Waals surface area contributed by atoms with Crippen molar-refractivity contribution < 1.29 is 19.1 Å². The summed E-state index contributed by atoms with van der Waals surface area (Å²) in [5, 5.41) is 28.5. The molecule has 0 saturated carbocycles. The first kappa shape index (κ1) is 28.6. The van der Waals surface area contributed by atoms with Crippen LogP contribution in [0.1, 0.15) is 61.3 Å². The molecule has 0 unspecified atom stereocenters. The predicted molar refractivity (Wildman–Crippen MR) is 158 cm³/mol. The Morgan fingerprint density at radius 1 is 1.19 bits per heavy atom. The molecular formula is C33H33FN6O3. The number of imide groups is 1. The van der Waals surface area contributed by atoms with Gasteiger partial charge in [0.2, 0.25) is 11.8 Å². The molecule has 2 aliphatic heterocycles. The Morgan fingerprint density at radius 3 is 2.65 bits per heavy atom. The average Bonchev–Trinajstić information content (AvgIpc) is 3.36. The highest BCUT2D eigenvalue weighted by Gasteiger charge is 2.50. The highest BCUT2D eigenvalue weighted by Crippen LogP contribution is 2.48. The fourth-order valence-electron chi connectivity index (χ4n) is 6.57. The number of rotatable bonds is 5. The van der Waals surface area contributed by atoms with Crippen molar-refractivity contribution in [3.05, 3.63) is 82.9 Å². The van der Waals surface area contributed by atoms with E-state index < -0.39 is 28.7 Å². The smallest absolute Gasteiger partial charge is 0.234 e. The molecule has 220 valence electrons. The molecule has 0 spiro atoms. The lowest BCUT2D eigenvalue weighted by molar-refractivity contribution is -0.134. The maximum absolute atomic E-state index is 16.2. The van der Waals surface area contributed by atoms with Crippen LogP contribution in [0.25, 0.3) is 22.2 Å². The number of carbonyl (C=O) groups is 2. The van der Waals surface area contributed by atoms with Crippen molar-refractivity contribution in [3.8, 4) is 17.3 Å². The van der Waals surface area contributed by atoms with Crippen molar-refractivity contribution in [3.63, 3.8) is 0 Å². The summed E-state index contributed by atoms with van der Waals surface area (Å²) < 4.78 is 17.9. The molecule has 0 aliphatic carbocycles. The van der Waals surface area contributed by atoms with E-state index in [9.17, 15) is 20.0 Å². The molecule has 4 heterocycles. The van der Waals surface area contributed by atoms with Gasteiger partial charge in [-0.2, -0.15) is 10.4 Å². The molecule has 43 heavy (non-hydrogen) atoms. The summed E-state index contributed by atoms with van der Waals surface area (Å²) in [5.41, 5.74) is 2.22. The van der Waals surface area contributed by atoms with Crippen LogP contribution in [0.15, 0.2) is 54.9 Å². The van der Waals surface area contributed by atoms with E-state index in [0.29, 0.717) is 54.8 Å². The number of aryl methyl sites for hydroxylation is 1. The molecule has 4 aromatic rings. The summed E-state index contributed by atoms with van der Waals surface area (Å²) in [6.45, 7) is 5.66. The number of fused-ring (bicyclic) bond motifs is 1. The number of pyridine rings is 1. The summed E-state index contributed by atoms with van der Waals surface area (Å²) in [5.74, 6) is -1.83. The molecule has 2 aliphatic rings. The highest BCUT2D eigenvalue weighted by molar-refractivity contribution is 6.01. The van der Waals surface area contributed by atoms with Crippen LogP contribution in [-0.4, -0.2) is 49.7 Å². The lowest BCUT2D eigenvalue weighted by Crippen LogP contribution is -2.55. The van der Waals surface area contributed by atoms with Gasteiger partial charge in [-0.3, -0.25) is 29.5 Å². The molecule has 2 aromatic carbocycles. The first-order chi connectivity index (χ1) is 20.5. The number of aromatic nitrogens is 3. The molecule has 2 saturated heterocycles. The normalized spacial score (nSPS) is 22.4. The minimum Gasteiger partial charge on any atom is -0.384 e. The first-order valence-electron chi connectivity index (χ1n) is 14.4. The summed E-state index contributed by atoms with van der Waals surface area (Å²) in [4.78, 5) is 30.7. The Balaban J connectivity index is 1.22. The van der Waals surface area contributed by atoms with Gasteiger partial charge in [0.25, 0.3) is 0 Å². The monoisotopic (exact) mass is 580 g/mol. The van der Waals surface area contributed by atoms with E-state index in [0.717, 1.165) is 11.1 Å². The number of aliphatic hydroxyl groups is 1. The number of hydrogen-bond donors (Lipinski definition) is 2. The van der Waals surface area contributed by atoms with E-state index in [2.05, 4.69) is 26.4 Å². The second-order valence-electron chi connectivity index (χ2n) is 12.3. The summed E-state index contributed by atoms with van der Waals surface area (Å²) in [7, 11) is 1.79. The number of piperidine rings is 2. The fraction of sp³-hybridized carbons (Fsp3) is 0.364. The van der Waals surface area contributed by atoms with E-state index in [4.69, 9.17) is 0 Å². The Morgan fingerprint density at radius 2 is 1.95 bits per heavy atom. The van der Waals surface area contributed by atoms with E-state index in [-0.39, 0.29) is 23.3 Å². The number of halogens is 1. The molecule has 2 amide bonds. The molecule has 0 bridgehead atoms. The number of carbonyl (C=O) groups excluding carboxylic acids is 2. The zero-order valence-corrected chi connectivity index (χ0v) is 24.4. The average molecular weight is 581 g/mol. The van der Waals surface area contributed by atoms with Gasteiger partial charge < -0.3 is 5.11 Å². The Hall–Kier alpha value is -4.46. The molecule has 10 heteroatoms. The first-order valence-corrected chi connectivity index (χ1v) is 14.4. The zero-order valence-electron chi connectivity index (χ0n) is 24.4. The van der Waals surface area contributed by atoms with Gasteiger partial charge >= 0.3 is 0 Å². The second kappa shape index (κ2) is 10.7. The van der Waals surface area contributed by atoms with E-state index >= 15 is 4.39 Å². The van der Waals surface area contributed by atoms with Crippen LogP contribution >= 0.6 is 0 Å². The fourth-order valence-corrected chi connectivity index (χ4v) is 6.57. The van der Waals surface area contributed by atoms with Crippen molar-refractivity contribution in [2.24, 2.45) is 12.5 Å². The largest absolute Gasteiger partial charge is 0.384 e. The third-order valence-electron chi connectivity index (χ3n) is 9.02. The Labute approximate surface area is 249 Å². The second-order valence-corrected chi connectivity index (χ2v) is 12.3. The molecule has 6 rings (SSSR count). The maximum atomic E-state index is 16.2. The number of benzene rings is 2. The minimum absolute atomic E-state index is 0.220. The number of nitrogens with zero attached hydrogens (tertiary/aromatic N) is 5. The number of hydrogen-bond acceptors (Lipinski definition) is 7. The Bertz CT molecular complexity index is 1790. The van der Waals surface area contributed by atoms with Gasteiger partial charge in [0, 0.05) is 67.4 Å². The lowest BCUT2D eigenvalue weighted by atomic mass is 9.66. The molecule has 2 N–H and O–H groups in total. The van der Waals surface area contributed by atoms with E-state index in [1.54, 1.807) is 42.3 Å². The molecule has 0 radical (unpaired) electrons. The SMILES string of the molecule is Cn1cc(C#N)c(-c2ccc(CN3CC[C@@](O)(c4ccc5ncc([C@@H]6CCC(=O)NC6=O)cc5c4F)C(C)(C)C3)cc2)n1. The third-order valence-corrected chi connectivity index (χ3v) is 9.02. The number of amides is 2. The number of nitrogens with one attached hydrogen (secondary N) is 1. The van der Waals surface area contributed by atoms with Crippen molar-refractivity contribution in [2.45, 2.75) is 51.2 Å². The van der Waals surface area contributed by atoms with Crippen LogP contribution in [0.5, 0.6) is 0 Å². The van der Waals surface area contributed by atoms with Crippen LogP contribution in [0, 0.1) is 22.6 Å². The van der Waals surface area contributed by atoms with E-state index in [1.807, 2.05) is 38.1 Å². The van der Waals surface area contributed by atoms with Gasteiger partial charge in [-0.15, -0.1) is 0 Å². The van der Waals surface area contributed by atoms with Gasteiger partial charge in [0.1, 0.15) is 17.6 Å². The molecule has 2 fully saturated rings. The van der Waals surface area contributed by atoms with Gasteiger partial charge in [0.05, 0.1) is 22.6 Å². The maximum Gasteiger partial charge on any atom is 0.234 e. The minimum atomic E-state index is -1.43. The number of likely N-dealkylation sites (tertiary alicyclic amines) is 1. The van der Waals surface area contributed by atoms with Crippen LogP contribution < -0.4 is 5.32 Å². The van der Waals surface area contributed by atoms with Crippen molar-refractivity contribution in [1.82, 2.24) is 25.0 Å². The van der Waals surface area contributed by atoms with Gasteiger partial charge in [-0.25, -0.2) is 4.39 Å². The quantitative estimate of drug-likeness (QED) is 0.338. The zero-order chi connectivity index (χ0) is 30.5. The highest BCUT2D eigenvalue weighted by atomic mass is 19.1. The standard InChI is InChI=1S/C33H33FN6O3/c1-32(2)19-40(17-20-4-6-21(7-5-20)30-23(15-35)18-39(3)38-30)13-12-33(32,43)26-9-10-27-25(29(26)34)14-22(16-36-27)24-8-11-28(41)37-31(24)42/h4-7,9-10,14,16,18,24,43H,8,11-13,17,19H2,1-3H3,(H,37,41,42)/t24-,33+/m0/s1. The van der Waals surface area contributed by atoms with Gasteiger partial charge in [-0.1, -0.05) is 44.2 Å². The van der Waals surface area contributed by atoms with Crippen LogP contribution in [-0.2, 0) is 28.8 Å². The molecular weight excluding hydrogens is 547 g/mol. The van der Waals surface area contributed by atoms with Crippen molar-refractivity contribution >= 4 is 22.7 Å². The van der Waals surface area contributed by atoms with Crippen LogP contribution in [0.3, 0.4) is 0 Å². The van der Waals surface area contributed by atoms with Crippen molar-refractivity contribution in [2.75, 3.05) is 13.1 Å². The van der Waals surface area contributed by atoms with Crippen molar-refractivity contribution in [1.29, 1.82) is 5.26 Å². The number of nitriles is 1. The van der Waals surface area contributed by atoms with Gasteiger partial charge in [-0.05, 0) is 36.1 Å². The van der Waals surface area contributed by atoms with Crippen LogP contribution in [0.2, 0.25) is 0 Å². The summed E-state index contributed by atoms with van der Waals surface area (Å²) >= 11 is 0. The molecule has 9 nitrogen and oxygen atoms in total. The summed E-state index contributed by atoms with van der Waals surface area (Å²) in [6.07, 6.45) is 4.16. The third kappa shape index (κ3) is 5.09. The van der Waals surface area contributed by atoms with Crippen LogP contribution in [0.4, 0.5) is 4.39 Å². The summed E-state index contributed by atoms with van der Waals surface area (Å²) in [6, 6.07) is 15.1. The topological polar surface area (TPSA) is 124 Å².